The van der Waals surface area contributed by atoms with Crippen LogP contribution >= 0.6 is 0 Å². The summed E-state index contributed by atoms with van der Waals surface area (Å²) in [6, 6.07) is 12.0. The van der Waals surface area contributed by atoms with Gasteiger partial charge >= 0.3 is 0 Å². The Bertz CT molecular complexity index is 525. The lowest BCUT2D eigenvalue weighted by Crippen LogP contribution is -2.29. The van der Waals surface area contributed by atoms with Crippen LogP contribution in [0.2, 0.25) is 0 Å². The van der Waals surface area contributed by atoms with Crippen molar-refractivity contribution in [2.45, 2.75) is 19.5 Å². The lowest BCUT2D eigenvalue weighted by molar-refractivity contribution is 0.171. The molecule has 0 fully saturated rings. The summed E-state index contributed by atoms with van der Waals surface area (Å²) in [6.45, 7) is 3.36. The van der Waals surface area contributed by atoms with Gasteiger partial charge in [-0.1, -0.05) is 30.3 Å². The molecule has 0 amide bonds. The first kappa shape index (κ1) is 12.9. The Morgan fingerprint density at radius 3 is 2.78 bits per heavy atom. The largest absolute Gasteiger partial charge is 0.508 e. The van der Waals surface area contributed by atoms with Gasteiger partial charge in [-0.15, -0.1) is 0 Å². The molecule has 0 saturated heterocycles. The van der Waals surface area contributed by atoms with Gasteiger partial charge in [-0.25, -0.2) is 0 Å². The second-order valence-corrected chi connectivity index (χ2v) is 4.52. The Balaban J connectivity index is 2.23. The molecule has 2 rings (SSSR count). The van der Waals surface area contributed by atoms with E-state index >= 15 is 0 Å². The van der Waals surface area contributed by atoms with Crippen LogP contribution in [0.3, 0.4) is 0 Å². The molecule has 0 aliphatic heterocycles. The molecule has 1 unspecified atom stereocenters. The number of hydrogen-bond donors (Lipinski definition) is 2. The van der Waals surface area contributed by atoms with Gasteiger partial charge in [0.05, 0.1) is 6.61 Å². The molecule has 0 bridgehead atoms. The summed E-state index contributed by atoms with van der Waals surface area (Å²) in [6.07, 6.45) is 0. The fourth-order valence-electron chi connectivity index (χ4n) is 2.10. The van der Waals surface area contributed by atoms with Gasteiger partial charge in [-0.2, -0.15) is 0 Å². The molecule has 2 aromatic carbocycles. The van der Waals surface area contributed by atoms with Crippen molar-refractivity contribution in [3.63, 3.8) is 0 Å². The molecule has 0 aliphatic carbocycles. The summed E-state index contributed by atoms with van der Waals surface area (Å²) in [5.41, 5.74) is 0.941. The average molecular weight is 245 g/mol. The Morgan fingerprint density at radius 1 is 1.22 bits per heavy atom. The summed E-state index contributed by atoms with van der Waals surface area (Å²) in [7, 11) is 1.69. The second kappa shape index (κ2) is 5.85. The Labute approximate surface area is 107 Å². The predicted octanol–water partition coefficient (Wildman–Crippen LogP) is 2.67. The summed E-state index contributed by atoms with van der Waals surface area (Å²) in [5.74, 6) is 0.339. The average Bonchev–Trinajstić information content (AvgIpc) is 2.38. The van der Waals surface area contributed by atoms with Crippen molar-refractivity contribution in [3.8, 4) is 5.75 Å². The molecule has 18 heavy (non-hydrogen) atoms. The van der Waals surface area contributed by atoms with Crippen LogP contribution in [0.4, 0.5) is 0 Å². The van der Waals surface area contributed by atoms with Crippen LogP contribution in [0.5, 0.6) is 5.75 Å². The van der Waals surface area contributed by atoms with Gasteiger partial charge in [0.15, 0.2) is 0 Å². The zero-order valence-electron chi connectivity index (χ0n) is 10.8. The van der Waals surface area contributed by atoms with E-state index in [-0.39, 0.29) is 6.04 Å². The van der Waals surface area contributed by atoms with Crippen molar-refractivity contribution in [1.82, 2.24) is 5.32 Å². The van der Waals surface area contributed by atoms with E-state index in [2.05, 4.69) is 18.3 Å². The van der Waals surface area contributed by atoms with E-state index in [1.54, 1.807) is 13.2 Å². The molecule has 0 saturated carbocycles. The fraction of sp³-hybridized carbons (Fsp3) is 0.333. The van der Waals surface area contributed by atoms with E-state index in [1.165, 1.54) is 0 Å². The highest BCUT2D eigenvalue weighted by atomic mass is 16.5. The number of rotatable bonds is 5. The standard InChI is InChI=1S/C15H19NO2/c1-11(10-18-2)16-9-14-13-6-4-3-5-12(13)7-8-15(14)17/h3-8,11,16-17H,9-10H2,1-2H3. The molecule has 0 aromatic heterocycles. The van der Waals surface area contributed by atoms with Crippen LogP contribution in [0.25, 0.3) is 10.8 Å². The highest BCUT2D eigenvalue weighted by Gasteiger charge is 2.08. The summed E-state index contributed by atoms with van der Waals surface area (Å²) in [5, 5.41) is 15.6. The number of aromatic hydroxyl groups is 1. The molecule has 0 spiro atoms. The summed E-state index contributed by atoms with van der Waals surface area (Å²) < 4.78 is 5.08. The molecule has 96 valence electrons. The number of methoxy groups -OCH3 is 1. The lowest BCUT2D eigenvalue weighted by atomic mass is 10.0. The molecule has 2 N–H and O–H groups in total. The van der Waals surface area contributed by atoms with Gasteiger partial charge in [-0.05, 0) is 23.8 Å². The van der Waals surface area contributed by atoms with Crippen molar-refractivity contribution in [1.29, 1.82) is 0 Å². The van der Waals surface area contributed by atoms with E-state index < -0.39 is 0 Å². The maximum Gasteiger partial charge on any atom is 0.120 e. The Morgan fingerprint density at radius 2 is 2.00 bits per heavy atom. The lowest BCUT2D eigenvalue weighted by Gasteiger charge is -2.15. The summed E-state index contributed by atoms with van der Waals surface area (Å²) in [4.78, 5) is 0. The minimum absolute atomic E-state index is 0.258. The van der Waals surface area contributed by atoms with Gasteiger partial charge in [0.2, 0.25) is 0 Å². The number of fused-ring (bicyclic) bond motifs is 1. The molecule has 1 atom stereocenters. The first-order chi connectivity index (χ1) is 8.72. The third-order valence-electron chi connectivity index (χ3n) is 3.06. The van der Waals surface area contributed by atoms with E-state index in [4.69, 9.17) is 4.74 Å². The maximum absolute atomic E-state index is 9.98. The topological polar surface area (TPSA) is 41.5 Å². The first-order valence-electron chi connectivity index (χ1n) is 6.14. The summed E-state index contributed by atoms with van der Waals surface area (Å²) >= 11 is 0. The van der Waals surface area contributed by atoms with E-state index in [1.807, 2.05) is 24.3 Å². The zero-order valence-corrected chi connectivity index (χ0v) is 10.8. The van der Waals surface area contributed by atoms with Crippen molar-refractivity contribution < 1.29 is 9.84 Å². The van der Waals surface area contributed by atoms with Gasteiger partial charge in [-0.3, -0.25) is 0 Å². The molecule has 0 heterocycles. The molecule has 3 heteroatoms. The quantitative estimate of drug-likeness (QED) is 0.851. The Kier molecular flexibility index (Phi) is 4.18. The molecule has 0 aliphatic rings. The van der Waals surface area contributed by atoms with E-state index in [9.17, 15) is 5.11 Å². The number of nitrogens with one attached hydrogen (secondary N) is 1. The smallest absolute Gasteiger partial charge is 0.120 e. The molecule has 3 nitrogen and oxygen atoms in total. The van der Waals surface area contributed by atoms with Crippen molar-refractivity contribution >= 4 is 10.8 Å². The van der Waals surface area contributed by atoms with E-state index in [0.29, 0.717) is 18.9 Å². The highest BCUT2D eigenvalue weighted by Crippen LogP contribution is 2.26. The minimum atomic E-state index is 0.258. The van der Waals surface area contributed by atoms with Gasteiger partial charge in [0.25, 0.3) is 0 Å². The fourth-order valence-corrected chi connectivity index (χ4v) is 2.10. The van der Waals surface area contributed by atoms with Crippen LogP contribution < -0.4 is 5.32 Å². The molecular weight excluding hydrogens is 226 g/mol. The number of benzene rings is 2. The number of ether oxygens (including phenoxy) is 1. The zero-order chi connectivity index (χ0) is 13.0. The van der Waals surface area contributed by atoms with Crippen LogP contribution in [0.1, 0.15) is 12.5 Å². The van der Waals surface area contributed by atoms with Gasteiger partial charge in [0, 0.05) is 25.3 Å². The maximum atomic E-state index is 9.98. The van der Waals surface area contributed by atoms with Crippen LogP contribution in [-0.2, 0) is 11.3 Å². The number of phenolic OH excluding ortho intramolecular Hbond substituents is 1. The van der Waals surface area contributed by atoms with Gasteiger partial charge in [0.1, 0.15) is 5.75 Å². The SMILES string of the molecule is COCC(C)NCc1c(O)ccc2ccccc12. The number of hydrogen-bond acceptors (Lipinski definition) is 3. The minimum Gasteiger partial charge on any atom is -0.508 e. The second-order valence-electron chi connectivity index (χ2n) is 4.52. The normalized spacial score (nSPS) is 12.8. The third-order valence-corrected chi connectivity index (χ3v) is 3.06. The molecule has 0 radical (unpaired) electrons. The van der Waals surface area contributed by atoms with Crippen LogP contribution in [0.15, 0.2) is 36.4 Å². The third kappa shape index (κ3) is 2.81. The van der Waals surface area contributed by atoms with Crippen molar-refractivity contribution in [2.24, 2.45) is 0 Å². The molecular formula is C15H19NO2. The van der Waals surface area contributed by atoms with E-state index in [0.717, 1.165) is 16.3 Å². The van der Waals surface area contributed by atoms with Gasteiger partial charge < -0.3 is 15.2 Å². The van der Waals surface area contributed by atoms with Crippen molar-refractivity contribution in [2.75, 3.05) is 13.7 Å². The monoisotopic (exact) mass is 245 g/mol. The van der Waals surface area contributed by atoms with Crippen LogP contribution in [0, 0.1) is 0 Å². The Hall–Kier alpha value is -1.58. The molecule has 2 aromatic rings. The van der Waals surface area contributed by atoms with Crippen molar-refractivity contribution in [3.05, 3.63) is 42.0 Å². The number of phenols is 1. The van der Waals surface area contributed by atoms with Crippen LogP contribution in [-0.4, -0.2) is 24.9 Å². The first-order valence-corrected chi connectivity index (χ1v) is 6.14. The predicted molar refractivity (Wildman–Crippen MR) is 73.8 cm³/mol. The highest BCUT2D eigenvalue weighted by molar-refractivity contribution is 5.87.